The maximum absolute atomic E-state index is 5.72. The van der Waals surface area contributed by atoms with Gasteiger partial charge in [0.2, 0.25) is 5.88 Å². The zero-order valence-corrected chi connectivity index (χ0v) is 11.5. The fraction of sp³-hybridized carbons (Fsp3) is 0.667. The molecule has 0 aromatic carbocycles. The molecule has 0 radical (unpaired) electrons. The summed E-state index contributed by atoms with van der Waals surface area (Å²) in [5, 5.41) is 3.54. The largest absolute Gasteiger partial charge is 0.475 e. The SMILES string of the molecule is CC(C)Oc1ncccc1CNCC1CCCC1. The minimum Gasteiger partial charge on any atom is -0.475 e. The van der Waals surface area contributed by atoms with Gasteiger partial charge in [-0.25, -0.2) is 4.98 Å². The van der Waals surface area contributed by atoms with Crippen LogP contribution in [0.3, 0.4) is 0 Å². The summed E-state index contributed by atoms with van der Waals surface area (Å²) in [6.07, 6.45) is 7.54. The standard InChI is InChI=1S/C15H24N2O/c1-12(2)18-15-14(8-5-9-17-15)11-16-10-13-6-3-4-7-13/h5,8-9,12-13,16H,3-4,6-7,10-11H2,1-2H3. The Morgan fingerprint density at radius 2 is 2.17 bits per heavy atom. The molecule has 1 fully saturated rings. The summed E-state index contributed by atoms with van der Waals surface area (Å²) in [6, 6.07) is 4.06. The Hall–Kier alpha value is -1.09. The van der Waals surface area contributed by atoms with Crippen LogP contribution in [0.5, 0.6) is 5.88 Å². The predicted octanol–water partition coefficient (Wildman–Crippen LogP) is 3.15. The van der Waals surface area contributed by atoms with Gasteiger partial charge >= 0.3 is 0 Å². The molecular formula is C15H24N2O. The molecule has 1 aromatic rings. The van der Waals surface area contributed by atoms with E-state index in [4.69, 9.17) is 4.74 Å². The van der Waals surface area contributed by atoms with Crippen molar-refractivity contribution in [2.75, 3.05) is 6.54 Å². The molecule has 0 amide bonds. The molecule has 0 bridgehead atoms. The second kappa shape index (κ2) is 6.74. The molecule has 0 spiro atoms. The summed E-state index contributed by atoms with van der Waals surface area (Å²) in [7, 11) is 0. The maximum Gasteiger partial charge on any atom is 0.218 e. The first-order chi connectivity index (χ1) is 8.75. The minimum atomic E-state index is 0.175. The quantitative estimate of drug-likeness (QED) is 0.839. The first-order valence-electron chi connectivity index (χ1n) is 7.07. The van der Waals surface area contributed by atoms with Gasteiger partial charge in [-0.3, -0.25) is 0 Å². The molecule has 18 heavy (non-hydrogen) atoms. The Morgan fingerprint density at radius 1 is 1.39 bits per heavy atom. The van der Waals surface area contributed by atoms with E-state index in [1.165, 1.54) is 25.7 Å². The number of ether oxygens (including phenoxy) is 1. The monoisotopic (exact) mass is 248 g/mol. The third-order valence-corrected chi connectivity index (χ3v) is 3.42. The highest BCUT2D eigenvalue weighted by Gasteiger charge is 2.14. The van der Waals surface area contributed by atoms with Gasteiger partial charge in [0.15, 0.2) is 0 Å². The van der Waals surface area contributed by atoms with Crippen LogP contribution >= 0.6 is 0 Å². The average molecular weight is 248 g/mol. The van der Waals surface area contributed by atoms with Crippen LogP contribution in [0.4, 0.5) is 0 Å². The molecule has 1 aliphatic carbocycles. The van der Waals surface area contributed by atoms with Crippen LogP contribution < -0.4 is 10.1 Å². The number of hydrogen-bond donors (Lipinski definition) is 1. The maximum atomic E-state index is 5.72. The van der Waals surface area contributed by atoms with Crippen LogP contribution in [0.1, 0.15) is 45.1 Å². The first-order valence-corrected chi connectivity index (χ1v) is 7.07. The van der Waals surface area contributed by atoms with E-state index >= 15 is 0 Å². The van der Waals surface area contributed by atoms with E-state index in [0.29, 0.717) is 0 Å². The van der Waals surface area contributed by atoms with Crippen molar-refractivity contribution in [3.05, 3.63) is 23.9 Å². The third kappa shape index (κ3) is 3.98. The second-order valence-electron chi connectivity index (χ2n) is 5.42. The molecule has 100 valence electrons. The molecule has 1 aliphatic rings. The van der Waals surface area contributed by atoms with Crippen molar-refractivity contribution < 1.29 is 4.74 Å². The molecule has 3 heteroatoms. The zero-order chi connectivity index (χ0) is 12.8. The number of rotatable bonds is 6. The van der Waals surface area contributed by atoms with E-state index in [0.717, 1.165) is 30.5 Å². The molecule has 0 unspecified atom stereocenters. The van der Waals surface area contributed by atoms with E-state index in [1.54, 1.807) is 6.20 Å². The molecule has 1 heterocycles. The Bertz CT molecular complexity index is 359. The average Bonchev–Trinajstić information content (AvgIpc) is 2.84. The van der Waals surface area contributed by atoms with Crippen LogP contribution in [-0.2, 0) is 6.54 Å². The van der Waals surface area contributed by atoms with Gasteiger partial charge < -0.3 is 10.1 Å². The first kappa shape index (κ1) is 13.3. The van der Waals surface area contributed by atoms with Gasteiger partial charge in [0, 0.05) is 18.3 Å². The molecule has 3 nitrogen and oxygen atoms in total. The van der Waals surface area contributed by atoms with Gasteiger partial charge in [-0.2, -0.15) is 0 Å². The van der Waals surface area contributed by atoms with Crippen LogP contribution in [-0.4, -0.2) is 17.6 Å². The number of hydrogen-bond acceptors (Lipinski definition) is 3. The Kier molecular flexibility index (Phi) is 5.00. The van der Waals surface area contributed by atoms with E-state index in [9.17, 15) is 0 Å². The van der Waals surface area contributed by atoms with Crippen LogP contribution in [0.2, 0.25) is 0 Å². The highest BCUT2D eigenvalue weighted by molar-refractivity contribution is 5.25. The lowest BCUT2D eigenvalue weighted by Crippen LogP contribution is -2.21. The van der Waals surface area contributed by atoms with Crippen molar-refractivity contribution in [2.24, 2.45) is 5.92 Å². The second-order valence-corrected chi connectivity index (χ2v) is 5.42. The van der Waals surface area contributed by atoms with Gasteiger partial charge in [0.25, 0.3) is 0 Å². The normalized spacial score (nSPS) is 16.4. The fourth-order valence-electron chi connectivity index (χ4n) is 2.51. The Morgan fingerprint density at radius 3 is 2.89 bits per heavy atom. The third-order valence-electron chi connectivity index (χ3n) is 3.42. The lowest BCUT2D eigenvalue weighted by Gasteiger charge is -2.14. The summed E-state index contributed by atoms with van der Waals surface area (Å²) in [6.45, 7) is 6.04. The van der Waals surface area contributed by atoms with Crippen molar-refractivity contribution in [3.8, 4) is 5.88 Å². The molecule has 0 saturated heterocycles. The van der Waals surface area contributed by atoms with Gasteiger partial charge in [-0.1, -0.05) is 18.9 Å². The lowest BCUT2D eigenvalue weighted by atomic mass is 10.1. The highest BCUT2D eigenvalue weighted by atomic mass is 16.5. The molecular weight excluding hydrogens is 224 g/mol. The van der Waals surface area contributed by atoms with Gasteiger partial charge in [0.05, 0.1) is 6.10 Å². The van der Waals surface area contributed by atoms with E-state index in [2.05, 4.69) is 16.4 Å². The molecule has 2 rings (SSSR count). The minimum absolute atomic E-state index is 0.175. The van der Waals surface area contributed by atoms with Crippen molar-refractivity contribution in [2.45, 2.75) is 52.2 Å². The van der Waals surface area contributed by atoms with E-state index < -0.39 is 0 Å². The van der Waals surface area contributed by atoms with Crippen molar-refractivity contribution in [1.82, 2.24) is 10.3 Å². The Labute approximate surface area is 110 Å². The van der Waals surface area contributed by atoms with Gasteiger partial charge in [0.1, 0.15) is 0 Å². The molecule has 0 atom stereocenters. The predicted molar refractivity (Wildman–Crippen MR) is 73.7 cm³/mol. The molecule has 1 aromatic heterocycles. The van der Waals surface area contributed by atoms with Gasteiger partial charge in [-0.15, -0.1) is 0 Å². The van der Waals surface area contributed by atoms with Crippen molar-refractivity contribution >= 4 is 0 Å². The highest BCUT2D eigenvalue weighted by Crippen LogP contribution is 2.24. The molecule has 1 saturated carbocycles. The number of aromatic nitrogens is 1. The fourth-order valence-corrected chi connectivity index (χ4v) is 2.51. The summed E-state index contributed by atoms with van der Waals surface area (Å²) < 4.78 is 5.72. The smallest absolute Gasteiger partial charge is 0.218 e. The van der Waals surface area contributed by atoms with Crippen molar-refractivity contribution in [3.63, 3.8) is 0 Å². The van der Waals surface area contributed by atoms with Crippen molar-refractivity contribution in [1.29, 1.82) is 0 Å². The topological polar surface area (TPSA) is 34.1 Å². The Balaban J connectivity index is 1.83. The summed E-state index contributed by atoms with van der Waals surface area (Å²) in [5.74, 6) is 1.64. The van der Waals surface area contributed by atoms with E-state index in [-0.39, 0.29) is 6.10 Å². The van der Waals surface area contributed by atoms with Crippen LogP contribution in [0.25, 0.3) is 0 Å². The number of pyridine rings is 1. The van der Waals surface area contributed by atoms with E-state index in [1.807, 2.05) is 19.9 Å². The number of nitrogens with one attached hydrogen (secondary N) is 1. The lowest BCUT2D eigenvalue weighted by molar-refractivity contribution is 0.229. The van der Waals surface area contributed by atoms with Crippen LogP contribution in [0.15, 0.2) is 18.3 Å². The number of nitrogens with zero attached hydrogens (tertiary/aromatic N) is 1. The molecule has 1 N–H and O–H groups in total. The molecule has 0 aliphatic heterocycles. The summed E-state index contributed by atoms with van der Waals surface area (Å²) in [4.78, 5) is 4.31. The summed E-state index contributed by atoms with van der Waals surface area (Å²) in [5.41, 5.74) is 1.16. The summed E-state index contributed by atoms with van der Waals surface area (Å²) >= 11 is 0. The van der Waals surface area contributed by atoms with Crippen LogP contribution in [0, 0.1) is 5.92 Å². The zero-order valence-electron chi connectivity index (χ0n) is 11.5. The van der Waals surface area contributed by atoms with Gasteiger partial charge in [-0.05, 0) is 45.2 Å².